The van der Waals surface area contributed by atoms with Crippen molar-refractivity contribution >= 4 is 18.3 Å². The maximum atomic E-state index is 12.1. The topological polar surface area (TPSA) is 50.4 Å². The summed E-state index contributed by atoms with van der Waals surface area (Å²) in [5.41, 5.74) is 0.0668. The van der Waals surface area contributed by atoms with Crippen molar-refractivity contribution in [3.05, 3.63) is 0 Å². The number of halogens is 1. The predicted molar refractivity (Wildman–Crippen MR) is 74.0 cm³/mol. The van der Waals surface area contributed by atoms with Crippen LogP contribution in [0.1, 0.15) is 33.1 Å². The third-order valence-corrected chi connectivity index (χ3v) is 4.49. The van der Waals surface area contributed by atoms with Crippen molar-refractivity contribution < 1.29 is 9.53 Å². The maximum absolute atomic E-state index is 12.1. The minimum Gasteiger partial charge on any atom is -0.381 e. The molecule has 106 valence electrons. The number of amides is 1. The fraction of sp³-hybridized carbons (Fsp3) is 0.923. The molecule has 2 atom stereocenters. The van der Waals surface area contributed by atoms with E-state index in [9.17, 15) is 4.79 Å². The minimum absolute atomic E-state index is 0. The second-order valence-corrected chi connectivity index (χ2v) is 5.87. The number of methoxy groups -OCH3 is 1. The summed E-state index contributed by atoms with van der Waals surface area (Å²) in [6.45, 7) is 6.26. The van der Waals surface area contributed by atoms with E-state index in [2.05, 4.69) is 24.5 Å². The zero-order chi connectivity index (χ0) is 12.5. The van der Waals surface area contributed by atoms with Gasteiger partial charge in [-0.3, -0.25) is 4.79 Å². The van der Waals surface area contributed by atoms with Crippen LogP contribution in [0.3, 0.4) is 0 Å². The van der Waals surface area contributed by atoms with Crippen LogP contribution in [0, 0.1) is 11.3 Å². The molecule has 2 rings (SSSR count). The van der Waals surface area contributed by atoms with Gasteiger partial charge < -0.3 is 15.4 Å². The fourth-order valence-corrected chi connectivity index (χ4v) is 2.90. The summed E-state index contributed by atoms with van der Waals surface area (Å²) in [5, 5.41) is 6.48. The van der Waals surface area contributed by atoms with Crippen molar-refractivity contribution in [2.45, 2.75) is 45.3 Å². The Hall–Kier alpha value is -0.320. The van der Waals surface area contributed by atoms with Crippen LogP contribution in [-0.4, -0.2) is 38.3 Å². The first kappa shape index (κ1) is 15.7. The highest BCUT2D eigenvalue weighted by Crippen LogP contribution is 2.42. The van der Waals surface area contributed by atoms with Crippen LogP contribution in [-0.2, 0) is 9.53 Å². The van der Waals surface area contributed by atoms with Gasteiger partial charge in [-0.25, -0.2) is 0 Å². The lowest BCUT2D eigenvalue weighted by molar-refractivity contribution is -0.136. The molecule has 1 aliphatic heterocycles. The molecule has 0 aromatic heterocycles. The third-order valence-electron chi connectivity index (χ3n) is 4.49. The average molecular weight is 277 g/mol. The monoisotopic (exact) mass is 276 g/mol. The summed E-state index contributed by atoms with van der Waals surface area (Å²) >= 11 is 0. The second-order valence-electron chi connectivity index (χ2n) is 5.87. The minimum atomic E-state index is 0. The summed E-state index contributed by atoms with van der Waals surface area (Å²) in [6, 6.07) is 0.273. The van der Waals surface area contributed by atoms with Crippen molar-refractivity contribution in [3.8, 4) is 0 Å². The van der Waals surface area contributed by atoms with Crippen LogP contribution in [0.5, 0.6) is 0 Å². The molecule has 1 saturated carbocycles. The first-order valence-corrected chi connectivity index (χ1v) is 6.59. The second kappa shape index (κ2) is 6.22. The molecule has 1 heterocycles. The molecule has 2 fully saturated rings. The first-order valence-electron chi connectivity index (χ1n) is 6.59. The Labute approximate surface area is 116 Å². The average Bonchev–Trinajstić information content (AvgIpc) is 2.34. The van der Waals surface area contributed by atoms with Gasteiger partial charge in [-0.05, 0) is 32.4 Å². The van der Waals surface area contributed by atoms with Gasteiger partial charge in [-0.2, -0.15) is 0 Å². The standard InChI is InChI=1S/C13H24N2O2.ClH/c1-13(2)10(8-11(13)17-3)15-12(16)9-4-6-14-7-5-9;/h9-11,14H,4-8H2,1-3H3,(H,15,16);1H. The molecule has 18 heavy (non-hydrogen) atoms. The Bertz CT molecular complexity index is 291. The fourth-order valence-electron chi connectivity index (χ4n) is 2.90. The predicted octanol–water partition coefficient (Wildman–Crippen LogP) is 1.34. The number of rotatable bonds is 3. The van der Waals surface area contributed by atoms with Crippen molar-refractivity contribution in [3.63, 3.8) is 0 Å². The third kappa shape index (κ3) is 2.98. The number of piperidine rings is 1. The molecule has 5 heteroatoms. The molecule has 1 saturated heterocycles. The van der Waals surface area contributed by atoms with Crippen LogP contribution >= 0.6 is 12.4 Å². The molecule has 0 spiro atoms. The molecule has 0 radical (unpaired) electrons. The number of carbonyl (C=O) groups excluding carboxylic acids is 1. The number of hydrogen-bond donors (Lipinski definition) is 2. The van der Waals surface area contributed by atoms with Gasteiger partial charge >= 0.3 is 0 Å². The summed E-state index contributed by atoms with van der Waals surface area (Å²) in [6.07, 6.45) is 3.15. The normalized spacial score (nSPS) is 31.1. The maximum Gasteiger partial charge on any atom is 0.223 e. The number of nitrogens with one attached hydrogen (secondary N) is 2. The van der Waals surface area contributed by atoms with E-state index in [0.717, 1.165) is 32.4 Å². The Balaban J connectivity index is 0.00000162. The van der Waals surface area contributed by atoms with E-state index in [1.807, 2.05) is 0 Å². The van der Waals surface area contributed by atoms with E-state index >= 15 is 0 Å². The Kier molecular flexibility index (Phi) is 5.44. The number of hydrogen-bond acceptors (Lipinski definition) is 3. The van der Waals surface area contributed by atoms with Crippen molar-refractivity contribution in [2.24, 2.45) is 11.3 Å². The van der Waals surface area contributed by atoms with Crippen molar-refractivity contribution in [1.82, 2.24) is 10.6 Å². The highest BCUT2D eigenvalue weighted by atomic mass is 35.5. The largest absolute Gasteiger partial charge is 0.381 e. The van der Waals surface area contributed by atoms with Crippen LogP contribution in [0.15, 0.2) is 0 Å². The molecule has 1 amide bonds. The molecule has 0 aromatic rings. The number of carbonyl (C=O) groups is 1. The Morgan fingerprint density at radius 3 is 2.44 bits per heavy atom. The summed E-state index contributed by atoms with van der Waals surface area (Å²) in [5.74, 6) is 0.438. The molecule has 2 aliphatic rings. The lowest BCUT2D eigenvalue weighted by Gasteiger charge is -2.51. The van der Waals surface area contributed by atoms with Crippen LogP contribution in [0.4, 0.5) is 0 Å². The van der Waals surface area contributed by atoms with Gasteiger partial charge in [0.1, 0.15) is 0 Å². The first-order chi connectivity index (χ1) is 8.05. The van der Waals surface area contributed by atoms with E-state index in [-0.39, 0.29) is 41.8 Å². The molecule has 1 aliphatic carbocycles. The van der Waals surface area contributed by atoms with Gasteiger partial charge in [0.15, 0.2) is 0 Å². The molecular formula is C13H25ClN2O2. The molecule has 2 N–H and O–H groups in total. The van der Waals surface area contributed by atoms with E-state index in [1.165, 1.54) is 0 Å². The van der Waals surface area contributed by atoms with Crippen LogP contribution < -0.4 is 10.6 Å². The zero-order valence-electron chi connectivity index (χ0n) is 11.5. The van der Waals surface area contributed by atoms with Gasteiger partial charge in [0.05, 0.1) is 6.10 Å². The van der Waals surface area contributed by atoms with E-state index in [0.29, 0.717) is 0 Å². The molecule has 0 bridgehead atoms. The molecule has 0 aromatic carbocycles. The highest BCUT2D eigenvalue weighted by Gasteiger charge is 2.49. The van der Waals surface area contributed by atoms with Crippen LogP contribution in [0.2, 0.25) is 0 Å². The zero-order valence-corrected chi connectivity index (χ0v) is 12.3. The van der Waals surface area contributed by atoms with E-state index < -0.39 is 0 Å². The van der Waals surface area contributed by atoms with E-state index in [4.69, 9.17) is 4.74 Å². The molecule has 2 unspecified atom stereocenters. The SMILES string of the molecule is COC1CC(NC(=O)C2CCNCC2)C1(C)C.Cl. The lowest BCUT2D eigenvalue weighted by Crippen LogP contribution is -2.62. The van der Waals surface area contributed by atoms with Gasteiger partial charge in [-0.15, -0.1) is 12.4 Å². The quantitative estimate of drug-likeness (QED) is 0.818. The summed E-state index contributed by atoms with van der Waals surface area (Å²) in [7, 11) is 1.75. The Morgan fingerprint density at radius 1 is 1.33 bits per heavy atom. The van der Waals surface area contributed by atoms with E-state index in [1.54, 1.807) is 7.11 Å². The van der Waals surface area contributed by atoms with Gasteiger partial charge in [-0.1, -0.05) is 13.8 Å². The number of ether oxygens (including phenoxy) is 1. The summed E-state index contributed by atoms with van der Waals surface area (Å²) in [4.78, 5) is 12.1. The molecular weight excluding hydrogens is 252 g/mol. The van der Waals surface area contributed by atoms with Crippen molar-refractivity contribution in [2.75, 3.05) is 20.2 Å². The Morgan fingerprint density at radius 2 is 1.94 bits per heavy atom. The lowest BCUT2D eigenvalue weighted by atomic mass is 9.64. The summed E-state index contributed by atoms with van der Waals surface area (Å²) < 4.78 is 5.40. The van der Waals surface area contributed by atoms with Gasteiger partial charge in [0, 0.05) is 24.5 Å². The van der Waals surface area contributed by atoms with Crippen molar-refractivity contribution in [1.29, 1.82) is 0 Å². The molecule has 4 nitrogen and oxygen atoms in total. The van der Waals surface area contributed by atoms with Gasteiger partial charge in [0.25, 0.3) is 0 Å². The van der Waals surface area contributed by atoms with Gasteiger partial charge in [0.2, 0.25) is 5.91 Å². The smallest absolute Gasteiger partial charge is 0.223 e. The van der Waals surface area contributed by atoms with Crippen LogP contribution in [0.25, 0.3) is 0 Å². The highest BCUT2D eigenvalue weighted by molar-refractivity contribution is 5.85.